The van der Waals surface area contributed by atoms with E-state index < -0.39 is 5.54 Å². The summed E-state index contributed by atoms with van der Waals surface area (Å²) in [7, 11) is 3.07. The lowest BCUT2D eigenvalue weighted by atomic mass is 9.77. The average Bonchev–Trinajstić information content (AvgIpc) is 3.07. The first kappa shape index (κ1) is 19.0. The molecular formula is C16H21ClN4O4. The fourth-order valence-electron chi connectivity index (χ4n) is 2.46. The van der Waals surface area contributed by atoms with E-state index in [9.17, 15) is 4.79 Å². The molecule has 3 rings (SSSR count). The van der Waals surface area contributed by atoms with Crippen LogP contribution in [0.4, 0.5) is 0 Å². The van der Waals surface area contributed by atoms with Crippen molar-refractivity contribution in [2.24, 2.45) is 5.73 Å². The Morgan fingerprint density at radius 1 is 1.40 bits per heavy atom. The molecule has 1 fully saturated rings. The molecule has 3 N–H and O–H groups in total. The quantitative estimate of drug-likeness (QED) is 0.796. The predicted molar refractivity (Wildman–Crippen MR) is 92.8 cm³/mol. The van der Waals surface area contributed by atoms with E-state index in [1.54, 1.807) is 25.2 Å². The zero-order valence-electron chi connectivity index (χ0n) is 14.1. The third-order valence-corrected chi connectivity index (χ3v) is 4.17. The van der Waals surface area contributed by atoms with Crippen LogP contribution >= 0.6 is 12.4 Å². The Hall–Kier alpha value is -2.32. The highest BCUT2D eigenvalue weighted by Gasteiger charge is 2.39. The number of aromatic nitrogens is 2. The van der Waals surface area contributed by atoms with Crippen LogP contribution in [0.15, 0.2) is 22.7 Å². The fourth-order valence-corrected chi connectivity index (χ4v) is 2.46. The van der Waals surface area contributed by atoms with Crippen LogP contribution < -0.4 is 20.5 Å². The zero-order valence-corrected chi connectivity index (χ0v) is 14.9. The molecule has 9 heteroatoms. The number of nitrogens with one attached hydrogen (secondary N) is 1. The van der Waals surface area contributed by atoms with E-state index in [4.69, 9.17) is 19.7 Å². The third kappa shape index (κ3) is 3.85. The van der Waals surface area contributed by atoms with E-state index in [0.717, 1.165) is 19.3 Å². The minimum atomic E-state index is -0.470. The number of likely N-dealkylation sites (N-methyl/N-ethyl adjacent to an activating group) is 1. The summed E-state index contributed by atoms with van der Waals surface area (Å²) in [5, 5.41) is 6.49. The van der Waals surface area contributed by atoms with Gasteiger partial charge in [0.25, 0.3) is 11.8 Å². The lowest BCUT2D eigenvalue weighted by molar-refractivity contribution is -0.122. The topological polar surface area (TPSA) is 112 Å². The van der Waals surface area contributed by atoms with Crippen molar-refractivity contribution in [1.29, 1.82) is 0 Å². The van der Waals surface area contributed by atoms with Crippen LogP contribution in [0.25, 0.3) is 11.5 Å². The Bertz CT molecular complexity index is 745. The molecule has 0 spiro atoms. The number of halogens is 1. The van der Waals surface area contributed by atoms with Crippen molar-refractivity contribution in [2.45, 2.75) is 24.8 Å². The highest BCUT2D eigenvalue weighted by atomic mass is 35.5. The molecule has 0 saturated heterocycles. The third-order valence-electron chi connectivity index (χ3n) is 4.17. The van der Waals surface area contributed by atoms with Crippen LogP contribution in [0.3, 0.4) is 0 Å². The van der Waals surface area contributed by atoms with Gasteiger partial charge in [-0.15, -0.1) is 12.4 Å². The highest BCUT2D eigenvalue weighted by Crippen LogP contribution is 2.38. The number of carbonyl (C=O) groups is 1. The van der Waals surface area contributed by atoms with Crippen LogP contribution in [0.5, 0.6) is 11.5 Å². The Labute approximate surface area is 151 Å². The molecule has 0 aliphatic heterocycles. The van der Waals surface area contributed by atoms with E-state index in [2.05, 4.69) is 15.5 Å². The van der Waals surface area contributed by atoms with Gasteiger partial charge in [-0.05, 0) is 37.5 Å². The number of hydrogen-bond acceptors (Lipinski definition) is 7. The molecule has 0 radical (unpaired) electrons. The van der Waals surface area contributed by atoms with Crippen LogP contribution in [-0.4, -0.2) is 36.8 Å². The molecule has 1 aliphatic carbocycles. The Morgan fingerprint density at radius 3 is 2.76 bits per heavy atom. The number of ether oxygens (including phenoxy) is 2. The van der Waals surface area contributed by atoms with Crippen LogP contribution in [0.2, 0.25) is 0 Å². The maximum Gasteiger partial charge on any atom is 0.258 e. The Balaban J connectivity index is 0.00000225. The normalized spacial score (nSPS) is 14.8. The summed E-state index contributed by atoms with van der Waals surface area (Å²) in [6, 6.07) is 5.19. The number of nitrogens with two attached hydrogens (primary N) is 1. The van der Waals surface area contributed by atoms with Gasteiger partial charge in [-0.1, -0.05) is 5.16 Å². The summed E-state index contributed by atoms with van der Waals surface area (Å²) in [6.07, 6.45) is 2.80. The number of rotatable bonds is 6. The van der Waals surface area contributed by atoms with Gasteiger partial charge < -0.3 is 25.0 Å². The van der Waals surface area contributed by atoms with Gasteiger partial charge in [0.05, 0.1) is 12.6 Å². The van der Waals surface area contributed by atoms with Crippen LogP contribution in [0, 0.1) is 0 Å². The van der Waals surface area contributed by atoms with Crippen molar-refractivity contribution in [3.05, 3.63) is 24.0 Å². The molecule has 2 aromatic rings. The molecule has 136 valence electrons. The van der Waals surface area contributed by atoms with Crippen molar-refractivity contribution in [2.75, 3.05) is 20.8 Å². The Kier molecular flexibility index (Phi) is 5.86. The molecule has 1 amide bonds. The van der Waals surface area contributed by atoms with Crippen LogP contribution in [-0.2, 0) is 10.3 Å². The maximum absolute atomic E-state index is 11.3. The molecule has 1 aromatic carbocycles. The summed E-state index contributed by atoms with van der Waals surface area (Å²) in [5.74, 6) is 1.61. The van der Waals surface area contributed by atoms with Gasteiger partial charge in [0.2, 0.25) is 0 Å². The number of methoxy groups -OCH3 is 1. The lowest BCUT2D eigenvalue weighted by Crippen LogP contribution is -2.44. The first-order valence-electron chi connectivity index (χ1n) is 7.70. The predicted octanol–water partition coefficient (Wildman–Crippen LogP) is 1.63. The van der Waals surface area contributed by atoms with E-state index in [1.807, 2.05) is 0 Å². The van der Waals surface area contributed by atoms with Crippen molar-refractivity contribution in [3.8, 4) is 23.0 Å². The summed E-state index contributed by atoms with van der Waals surface area (Å²) < 4.78 is 16.1. The second kappa shape index (κ2) is 7.71. The molecule has 0 bridgehead atoms. The number of carbonyl (C=O) groups excluding carboxylic acids is 1. The second-order valence-electron chi connectivity index (χ2n) is 5.76. The summed E-state index contributed by atoms with van der Waals surface area (Å²) in [4.78, 5) is 15.7. The standard InChI is InChI=1S/C16H20N4O4.ClH/c1-18-13(21)9-23-11-5-4-10(8-12(11)22-2)14-19-15(20-24-14)16(17)6-3-7-16;/h4-5,8H,3,6-7,9,17H2,1-2H3,(H,18,21);1H. The minimum Gasteiger partial charge on any atom is -0.493 e. The van der Waals surface area contributed by atoms with Gasteiger partial charge in [0, 0.05) is 12.6 Å². The van der Waals surface area contributed by atoms with Crippen molar-refractivity contribution in [1.82, 2.24) is 15.5 Å². The first-order chi connectivity index (χ1) is 11.6. The van der Waals surface area contributed by atoms with E-state index in [1.165, 1.54) is 7.11 Å². The van der Waals surface area contributed by atoms with Gasteiger partial charge >= 0.3 is 0 Å². The number of benzene rings is 1. The van der Waals surface area contributed by atoms with Gasteiger partial charge in [0.1, 0.15) is 0 Å². The van der Waals surface area contributed by atoms with E-state index in [-0.39, 0.29) is 24.9 Å². The monoisotopic (exact) mass is 368 g/mol. The van der Waals surface area contributed by atoms with Crippen molar-refractivity contribution in [3.63, 3.8) is 0 Å². The number of hydrogen-bond donors (Lipinski definition) is 2. The molecule has 25 heavy (non-hydrogen) atoms. The molecule has 0 unspecified atom stereocenters. The summed E-state index contributed by atoms with van der Waals surface area (Å²) >= 11 is 0. The zero-order chi connectivity index (χ0) is 17.2. The molecule has 8 nitrogen and oxygen atoms in total. The first-order valence-corrected chi connectivity index (χ1v) is 7.70. The Morgan fingerprint density at radius 2 is 2.16 bits per heavy atom. The average molecular weight is 369 g/mol. The van der Waals surface area contributed by atoms with Gasteiger partial charge in [-0.3, -0.25) is 4.79 Å². The maximum atomic E-state index is 11.3. The largest absolute Gasteiger partial charge is 0.493 e. The molecule has 1 saturated carbocycles. The number of amides is 1. The SMILES string of the molecule is CNC(=O)COc1ccc(-c2nc(C3(N)CCC3)no2)cc1OC.Cl. The second-order valence-corrected chi connectivity index (χ2v) is 5.76. The van der Waals surface area contributed by atoms with Crippen LogP contribution in [0.1, 0.15) is 25.1 Å². The summed E-state index contributed by atoms with van der Waals surface area (Å²) in [5.41, 5.74) is 6.43. The van der Waals surface area contributed by atoms with Gasteiger partial charge in [0.15, 0.2) is 23.9 Å². The van der Waals surface area contributed by atoms with Gasteiger partial charge in [-0.25, -0.2) is 0 Å². The molecule has 1 aromatic heterocycles. The van der Waals surface area contributed by atoms with E-state index in [0.29, 0.717) is 28.8 Å². The van der Waals surface area contributed by atoms with Gasteiger partial charge in [-0.2, -0.15) is 4.98 Å². The molecule has 1 heterocycles. The van der Waals surface area contributed by atoms with Crippen molar-refractivity contribution < 1.29 is 18.8 Å². The molecule has 1 aliphatic rings. The number of nitrogens with zero attached hydrogens (tertiary/aromatic N) is 2. The van der Waals surface area contributed by atoms with Crippen molar-refractivity contribution >= 4 is 18.3 Å². The smallest absolute Gasteiger partial charge is 0.258 e. The highest BCUT2D eigenvalue weighted by molar-refractivity contribution is 5.85. The van der Waals surface area contributed by atoms with E-state index >= 15 is 0 Å². The minimum absolute atomic E-state index is 0. The fraction of sp³-hybridized carbons (Fsp3) is 0.438. The molecule has 0 atom stereocenters. The lowest BCUT2D eigenvalue weighted by Gasteiger charge is -2.34. The molecular weight excluding hydrogens is 348 g/mol. The summed E-state index contributed by atoms with van der Waals surface area (Å²) in [6.45, 7) is -0.0907.